The van der Waals surface area contributed by atoms with Gasteiger partial charge in [-0.15, -0.1) is 11.3 Å². The Labute approximate surface area is 169 Å². The van der Waals surface area contributed by atoms with E-state index in [9.17, 15) is 18.3 Å². The minimum absolute atomic E-state index is 0.0145. The van der Waals surface area contributed by atoms with Gasteiger partial charge in [0.25, 0.3) is 10.0 Å². The lowest BCUT2D eigenvalue weighted by Crippen LogP contribution is -2.54. The SMILES string of the molecule is O=C(NC1CCC(O)CC1)C1Cc2ccccc2CN1S(=O)(=O)c1cccs1. The molecule has 1 fully saturated rings. The lowest BCUT2D eigenvalue weighted by Gasteiger charge is -2.36. The fourth-order valence-corrected chi connectivity index (χ4v) is 6.70. The van der Waals surface area contributed by atoms with Crippen LogP contribution in [-0.2, 0) is 27.8 Å². The molecule has 0 spiro atoms. The number of sulfonamides is 1. The van der Waals surface area contributed by atoms with Gasteiger partial charge >= 0.3 is 0 Å². The van der Waals surface area contributed by atoms with Crippen LogP contribution in [0.1, 0.15) is 36.8 Å². The molecule has 2 heterocycles. The van der Waals surface area contributed by atoms with Crippen LogP contribution < -0.4 is 5.32 Å². The molecule has 1 aromatic heterocycles. The summed E-state index contributed by atoms with van der Waals surface area (Å²) in [7, 11) is -3.75. The second-order valence-electron chi connectivity index (χ2n) is 7.49. The molecule has 1 aliphatic heterocycles. The van der Waals surface area contributed by atoms with Gasteiger partial charge in [-0.05, 0) is 54.7 Å². The van der Waals surface area contributed by atoms with Gasteiger partial charge in [-0.1, -0.05) is 30.3 Å². The Hall–Kier alpha value is -1.74. The smallest absolute Gasteiger partial charge is 0.253 e. The number of aliphatic hydroxyl groups excluding tert-OH is 1. The fraction of sp³-hybridized carbons (Fsp3) is 0.450. The van der Waals surface area contributed by atoms with Crippen molar-refractivity contribution in [2.24, 2.45) is 0 Å². The Morgan fingerprint density at radius 3 is 2.46 bits per heavy atom. The third-order valence-electron chi connectivity index (χ3n) is 5.61. The number of hydrogen-bond acceptors (Lipinski definition) is 5. The zero-order valence-electron chi connectivity index (χ0n) is 15.5. The summed E-state index contributed by atoms with van der Waals surface area (Å²) in [6.45, 7) is 0.192. The van der Waals surface area contributed by atoms with Gasteiger partial charge in [0, 0.05) is 12.6 Å². The van der Waals surface area contributed by atoms with Crippen molar-refractivity contribution in [1.29, 1.82) is 0 Å². The van der Waals surface area contributed by atoms with Crippen LogP contribution in [0.2, 0.25) is 0 Å². The van der Waals surface area contributed by atoms with Crippen LogP contribution in [0.15, 0.2) is 46.0 Å². The molecule has 2 aliphatic rings. The third-order valence-corrected chi connectivity index (χ3v) is 8.84. The number of fused-ring (bicyclic) bond motifs is 1. The van der Waals surface area contributed by atoms with Gasteiger partial charge < -0.3 is 10.4 Å². The molecule has 1 aromatic carbocycles. The van der Waals surface area contributed by atoms with Gasteiger partial charge in [0.05, 0.1) is 6.10 Å². The highest BCUT2D eigenvalue weighted by molar-refractivity contribution is 7.91. The number of nitrogens with one attached hydrogen (secondary N) is 1. The largest absolute Gasteiger partial charge is 0.393 e. The first-order valence-corrected chi connectivity index (χ1v) is 11.9. The van der Waals surface area contributed by atoms with E-state index in [1.54, 1.807) is 17.5 Å². The molecule has 28 heavy (non-hydrogen) atoms. The van der Waals surface area contributed by atoms with Crippen molar-refractivity contribution in [3.05, 3.63) is 52.9 Å². The number of rotatable bonds is 4. The molecule has 2 aromatic rings. The van der Waals surface area contributed by atoms with Crippen LogP contribution in [0, 0.1) is 0 Å². The maximum absolute atomic E-state index is 13.2. The van der Waals surface area contributed by atoms with E-state index in [-0.39, 0.29) is 28.8 Å². The molecule has 150 valence electrons. The summed E-state index contributed by atoms with van der Waals surface area (Å²) in [6, 6.07) is 10.2. The number of carbonyl (C=O) groups is 1. The normalized spacial score (nSPS) is 25.8. The van der Waals surface area contributed by atoms with Crippen molar-refractivity contribution < 1.29 is 18.3 Å². The van der Waals surface area contributed by atoms with Crippen molar-refractivity contribution in [3.8, 4) is 0 Å². The lowest BCUT2D eigenvalue weighted by atomic mass is 9.92. The van der Waals surface area contributed by atoms with E-state index < -0.39 is 16.1 Å². The molecule has 4 rings (SSSR count). The molecule has 1 aliphatic carbocycles. The van der Waals surface area contributed by atoms with Crippen LogP contribution in [0.4, 0.5) is 0 Å². The maximum atomic E-state index is 13.2. The van der Waals surface area contributed by atoms with Gasteiger partial charge in [-0.2, -0.15) is 4.31 Å². The van der Waals surface area contributed by atoms with Gasteiger partial charge in [0.2, 0.25) is 5.91 Å². The van der Waals surface area contributed by atoms with Gasteiger partial charge in [0.15, 0.2) is 0 Å². The van der Waals surface area contributed by atoms with Crippen LogP contribution in [-0.4, -0.2) is 41.9 Å². The summed E-state index contributed by atoms with van der Waals surface area (Å²) in [4.78, 5) is 13.1. The maximum Gasteiger partial charge on any atom is 0.253 e. The van der Waals surface area contributed by atoms with E-state index >= 15 is 0 Å². The first-order valence-electron chi connectivity index (χ1n) is 9.55. The molecular weight excluding hydrogens is 396 g/mol. The van der Waals surface area contributed by atoms with E-state index in [1.807, 2.05) is 24.3 Å². The highest BCUT2D eigenvalue weighted by atomic mass is 32.2. The van der Waals surface area contributed by atoms with E-state index in [0.29, 0.717) is 32.1 Å². The molecule has 1 saturated carbocycles. The summed E-state index contributed by atoms with van der Waals surface area (Å²) < 4.78 is 28.1. The van der Waals surface area contributed by atoms with Crippen molar-refractivity contribution in [3.63, 3.8) is 0 Å². The number of hydrogen-bond donors (Lipinski definition) is 2. The number of aliphatic hydroxyl groups is 1. The van der Waals surface area contributed by atoms with E-state index in [1.165, 1.54) is 15.6 Å². The van der Waals surface area contributed by atoms with Gasteiger partial charge in [0.1, 0.15) is 10.3 Å². The minimum atomic E-state index is -3.75. The quantitative estimate of drug-likeness (QED) is 0.795. The second kappa shape index (κ2) is 7.94. The predicted octanol–water partition coefficient (Wildman–Crippen LogP) is 2.28. The zero-order chi connectivity index (χ0) is 19.7. The summed E-state index contributed by atoms with van der Waals surface area (Å²) in [6.07, 6.45) is 2.82. The molecule has 8 heteroatoms. The summed E-state index contributed by atoms with van der Waals surface area (Å²) in [5, 5.41) is 14.4. The average molecular weight is 421 g/mol. The Balaban J connectivity index is 1.61. The van der Waals surface area contributed by atoms with Crippen molar-refractivity contribution >= 4 is 27.3 Å². The van der Waals surface area contributed by atoms with Crippen molar-refractivity contribution in [2.45, 2.75) is 61.0 Å². The minimum Gasteiger partial charge on any atom is -0.393 e. The van der Waals surface area contributed by atoms with Crippen LogP contribution in [0.3, 0.4) is 0 Å². The standard InChI is InChI=1S/C20H24N2O4S2/c23-17-9-7-16(8-10-17)21-20(24)18-12-14-4-1-2-5-15(14)13-22(18)28(25,26)19-6-3-11-27-19/h1-6,11,16-18,23H,7-10,12-13H2,(H,21,24). The van der Waals surface area contributed by atoms with Gasteiger partial charge in [-0.3, -0.25) is 4.79 Å². The molecular formula is C20H24N2O4S2. The first kappa shape index (κ1) is 19.6. The summed E-state index contributed by atoms with van der Waals surface area (Å²) in [5.74, 6) is -0.254. The van der Waals surface area contributed by atoms with E-state index in [4.69, 9.17) is 0 Å². The average Bonchev–Trinajstić information content (AvgIpc) is 3.24. The zero-order valence-corrected chi connectivity index (χ0v) is 17.1. The second-order valence-corrected chi connectivity index (χ2v) is 10.6. The van der Waals surface area contributed by atoms with Gasteiger partial charge in [-0.25, -0.2) is 8.42 Å². The highest BCUT2D eigenvalue weighted by Crippen LogP contribution is 2.31. The van der Waals surface area contributed by atoms with E-state index in [2.05, 4.69) is 5.32 Å². The molecule has 0 saturated heterocycles. The third kappa shape index (κ3) is 3.87. The Bertz CT molecular complexity index is 935. The summed E-state index contributed by atoms with van der Waals surface area (Å²) >= 11 is 1.17. The number of carbonyl (C=O) groups excluding carboxylic acids is 1. The van der Waals surface area contributed by atoms with Crippen molar-refractivity contribution in [1.82, 2.24) is 9.62 Å². The van der Waals surface area contributed by atoms with Crippen LogP contribution >= 0.6 is 11.3 Å². The molecule has 1 atom stereocenters. The molecule has 1 amide bonds. The lowest BCUT2D eigenvalue weighted by molar-refractivity contribution is -0.126. The molecule has 2 N–H and O–H groups in total. The summed E-state index contributed by atoms with van der Waals surface area (Å²) in [5.41, 5.74) is 1.95. The van der Waals surface area contributed by atoms with Crippen LogP contribution in [0.25, 0.3) is 0 Å². The Morgan fingerprint density at radius 2 is 1.79 bits per heavy atom. The number of nitrogens with zero attached hydrogens (tertiary/aromatic N) is 1. The molecule has 6 nitrogen and oxygen atoms in total. The number of benzene rings is 1. The topological polar surface area (TPSA) is 86.7 Å². The Kier molecular flexibility index (Phi) is 5.55. The Morgan fingerprint density at radius 1 is 1.07 bits per heavy atom. The first-order chi connectivity index (χ1) is 13.4. The molecule has 0 radical (unpaired) electrons. The monoisotopic (exact) mass is 420 g/mol. The predicted molar refractivity (Wildman–Crippen MR) is 107 cm³/mol. The fourth-order valence-electron chi connectivity index (χ4n) is 4.02. The molecule has 1 unspecified atom stereocenters. The highest BCUT2D eigenvalue weighted by Gasteiger charge is 2.40. The number of amides is 1. The van der Waals surface area contributed by atoms with Crippen molar-refractivity contribution in [2.75, 3.05) is 0 Å². The van der Waals surface area contributed by atoms with Crippen LogP contribution in [0.5, 0.6) is 0 Å². The van der Waals surface area contributed by atoms with E-state index in [0.717, 1.165) is 11.1 Å². The molecule has 0 bridgehead atoms. The number of thiophene rings is 1.